The second kappa shape index (κ2) is 11.5. The molecule has 5 rings (SSSR count). The van der Waals surface area contributed by atoms with Gasteiger partial charge in [-0.15, -0.1) is 0 Å². The largest absolute Gasteiger partial charge is 0.496 e. The first-order valence-electron chi connectivity index (χ1n) is 12.8. The van der Waals surface area contributed by atoms with Crippen LogP contribution < -0.4 is 19.6 Å². The Morgan fingerprint density at radius 3 is 2.58 bits per heavy atom. The number of hydrogen-bond acceptors (Lipinski definition) is 6. The molecule has 0 aliphatic carbocycles. The topological polar surface area (TPSA) is 77.0 Å². The number of fused-ring (bicyclic) bond motifs is 1. The molecule has 0 spiro atoms. The number of furan rings is 1. The number of aromatic nitrogens is 1. The monoisotopic (exact) mass is 595 g/mol. The summed E-state index contributed by atoms with van der Waals surface area (Å²) in [5, 5.41) is 0.879. The van der Waals surface area contributed by atoms with E-state index in [-0.39, 0.29) is 11.5 Å². The van der Waals surface area contributed by atoms with Gasteiger partial charge in [0.15, 0.2) is 4.80 Å². The summed E-state index contributed by atoms with van der Waals surface area (Å²) in [6.07, 6.45) is 1.69. The summed E-state index contributed by atoms with van der Waals surface area (Å²) in [5.41, 5.74) is 2.22. The van der Waals surface area contributed by atoms with Gasteiger partial charge < -0.3 is 14.1 Å². The normalized spacial score (nSPS) is 15.2. The third-order valence-electron chi connectivity index (χ3n) is 6.84. The Bertz CT molecular complexity index is 1810. The van der Waals surface area contributed by atoms with Crippen molar-refractivity contribution < 1.29 is 13.9 Å². The fraction of sp³-hybridized carbons (Fsp3) is 0.233. The number of para-hydroxylation sites is 1. The van der Waals surface area contributed by atoms with Gasteiger partial charge in [0.2, 0.25) is 0 Å². The first-order chi connectivity index (χ1) is 19.3. The summed E-state index contributed by atoms with van der Waals surface area (Å²) in [6, 6.07) is 15.6. The molecule has 10 heteroatoms. The molecular weight excluding hydrogens is 569 g/mol. The molecule has 0 radical (unpaired) electrons. The highest BCUT2D eigenvalue weighted by Crippen LogP contribution is 2.36. The molecule has 1 aliphatic rings. The van der Waals surface area contributed by atoms with Crippen molar-refractivity contribution in [3.63, 3.8) is 0 Å². The van der Waals surface area contributed by atoms with Crippen LogP contribution in [-0.4, -0.2) is 35.6 Å². The van der Waals surface area contributed by atoms with Crippen molar-refractivity contribution in [2.45, 2.75) is 26.8 Å². The zero-order chi connectivity index (χ0) is 28.6. The Kier molecular flexibility index (Phi) is 8.03. The minimum Gasteiger partial charge on any atom is -0.496 e. The van der Waals surface area contributed by atoms with Gasteiger partial charge in [-0.2, -0.15) is 0 Å². The lowest BCUT2D eigenvalue weighted by Gasteiger charge is -2.29. The number of hydrogen-bond donors (Lipinski definition) is 0. The molecule has 1 atom stereocenters. The first-order valence-corrected chi connectivity index (χ1v) is 14.3. The summed E-state index contributed by atoms with van der Waals surface area (Å²) in [4.78, 5) is 34.7. The molecule has 206 valence electrons. The highest BCUT2D eigenvalue weighted by Gasteiger charge is 2.35. The predicted molar refractivity (Wildman–Crippen MR) is 159 cm³/mol. The Hall–Kier alpha value is -3.59. The van der Waals surface area contributed by atoms with E-state index >= 15 is 0 Å². The molecule has 2 aromatic heterocycles. The molecule has 0 saturated carbocycles. The van der Waals surface area contributed by atoms with Gasteiger partial charge in [-0.05, 0) is 57.2 Å². The Morgan fingerprint density at radius 1 is 1.12 bits per heavy atom. The average Bonchev–Trinajstić information content (AvgIpc) is 3.54. The number of amides is 1. The molecule has 1 amide bonds. The maximum absolute atomic E-state index is 14.0. The number of allylic oxidation sites excluding steroid dienone is 1. The van der Waals surface area contributed by atoms with Gasteiger partial charge in [-0.3, -0.25) is 14.2 Å². The summed E-state index contributed by atoms with van der Waals surface area (Å²) >= 11 is 13.5. The Balaban J connectivity index is 1.66. The Morgan fingerprint density at radius 2 is 1.88 bits per heavy atom. The van der Waals surface area contributed by atoms with Crippen molar-refractivity contribution in [2.75, 3.05) is 20.2 Å². The number of methoxy groups -OCH3 is 1. The first kappa shape index (κ1) is 28.0. The highest BCUT2D eigenvalue weighted by molar-refractivity contribution is 7.07. The predicted octanol–water partition coefficient (Wildman–Crippen LogP) is 5.68. The molecule has 3 heterocycles. The van der Waals surface area contributed by atoms with E-state index in [2.05, 4.69) is 0 Å². The van der Waals surface area contributed by atoms with E-state index in [4.69, 9.17) is 37.3 Å². The zero-order valence-electron chi connectivity index (χ0n) is 22.4. The van der Waals surface area contributed by atoms with Crippen molar-refractivity contribution in [2.24, 2.45) is 4.99 Å². The molecule has 0 N–H and O–H groups in total. The van der Waals surface area contributed by atoms with Gasteiger partial charge in [0.25, 0.3) is 11.5 Å². The fourth-order valence-corrected chi connectivity index (χ4v) is 6.15. The fourth-order valence-electron chi connectivity index (χ4n) is 4.83. The van der Waals surface area contributed by atoms with Crippen LogP contribution in [0.25, 0.3) is 17.4 Å². The second-order valence-electron chi connectivity index (χ2n) is 9.13. The number of carbonyl (C=O) groups excluding carboxylic acids is 1. The molecule has 1 aliphatic heterocycles. The van der Waals surface area contributed by atoms with E-state index in [9.17, 15) is 9.59 Å². The minimum absolute atomic E-state index is 0.159. The van der Waals surface area contributed by atoms with Gasteiger partial charge >= 0.3 is 0 Å². The molecule has 7 nitrogen and oxygen atoms in total. The lowest BCUT2D eigenvalue weighted by molar-refractivity contribution is -0.127. The minimum atomic E-state index is -0.703. The molecule has 0 fully saturated rings. The Labute approximate surface area is 245 Å². The van der Waals surface area contributed by atoms with Crippen LogP contribution in [0.5, 0.6) is 5.75 Å². The highest BCUT2D eigenvalue weighted by atomic mass is 35.5. The van der Waals surface area contributed by atoms with Crippen LogP contribution in [0.3, 0.4) is 0 Å². The molecule has 4 aromatic rings. The number of likely N-dealkylation sites (N-methyl/N-ethyl adjacent to an activating group) is 1. The standard InChI is InChI=1S/C30H27Cl2N3O4S/c1-5-34(6-2)29(37)26-17(3)33-30-35(27(26)20-9-7-8-10-24(20)38-4)28(36)25(40-30)16-19-12-14-23(39-19)18-11-13-21(31)22(32)15-18/h7-16,27H,5-6H2,1-4H3/b25-16+/t27-/m0/s1. The van der Waals surface area contributed by atoms with Gasteiger partial charge in [-0.1, -0.05) is 52.7 Å². The third-order valence-corrected chi connectivity index (χ3v) is 8.56. The number of nitrogens with zero attached hydrogens (tertiary/aromatic N) is 3. The smallest absolute Gasteiger partial charge is 0.271 e. The molecule has 40 heavy (non-hydrogen) atoms. The van der Waals surface area contributed by atoms with Crippen LogP contribution in [0, 0.1) is 0 Å². The van der Waals surface area contributed by atoms with Crippen molar-refractivity contribution >= 4 is 46.5 Å². The van der Waals surface area contributed by atoms with E-state index in [1.807, 2.05) is 57.2 Å². The maximum atomic E-state index is 14.0. The molecule has 2 aromatic carbocycles. The number of rotatable bonds is 7. The van der Waals surface area contributed by atoms with Gasteiger partial charge in [0.05, 0.1) is 33.0 Å². The summed E-state index contributed by atoms with van der Waals surface area (Å²) < 4.78 is 13.7. The van der Waals surface area contributed by atoms with Gasteiger partial charge in [0.1, 0.15) is 23.3 Å². The van der Waals surface area contributed by atoms with Crippen molar-refractivity contribution in [3.05, 3.63) is 107 Å². The van der Waals surface area contributed by atoms with Crippen molar-refractivity contribution in [1.82, 2.24) is 9.47 Å². The summed E-state index contributed by atoms with van der Waals surface area (Å²) in [5.74, 6) is 1.51. The van der Waals surface area contributed by atoms with Crippen LogP contribution in [0.4, 0.5) is 0 Å². The van der Waals surface area contributed by atoms with Crippen molar-refractivity contribution in [1.29, 1.82) is 0 Å². The number of ether oxygens (including phenoxy) is 1. The van der Waals surface area contributed by atoms with Crippen LogP contribution in [0.1, 0.15) is 38.1 Å². The number of halogens is 2. The summed E-state index contributed by atoms with van der Waals surface area (Å²) in [6.45, 7) is 6.75. The molecular formula is C30H27Cl2N3O4S. The maximum Gasteiger partial charge on any atom is 0.271 e. The van der Waals surface area contributed by atoms with E-state index in [1.165, 1.54) is 11.3 Å². The quantitative estimate of drug-likeness (QED) is 0.275. The lowest BCUT2D eigenvalue weighted by Crippen LogP contribution is -2.43. The van der Waals surface area contributed by atoms with E-state index < -0.39 is 6.04 Å². The van der Waals surface area contributed by atoms with Crippen LogP contribution >= 0.6 is 34.5 Å². The van der Waals surface area contributed by atoms with E-state index in [1.54, 1.807) is 40.9 Å². The lowest BCUT2D eigenvalue weighted by atomic mass is 9.94. The number of carbonyl (C=O) groups is 1. The number of benzene rings is 2. The van der Waals surface area contributed by atoms with Gasteiger partial charge in [0, 0.05) is 30.3 Å². The van der Waals surface area contributed by atoms with Gasteiger partial charge in [-0.25, -0.2) is 4.99 Å². The third kappa shape index (κ3) is 5.03. The van der Waals surface area contributed by atoms with Crippen molar-refractivity contribution in [3.8, 4) is 17.1 Å². The molecule has 0 bridgehead atoms. The SMILES string of the molecule is CCN(CC)C(=O)C1=C(C)N=c2s/c(=C/c3ccc(-c4ccc(Cl)c(Cl)c4)o3)c(=O)n2[C@H]1c1ccccc1OC. The average molecular weight is 597 g/mol. The molecule has 0 saturated heterocycles. The summed E-state index contributed by atoms with van der Waals surface area (Å²) in [7, 11) is 1.58. The second-order valence-corrected chi connectivity index (χ2v) is 11.0. The zero-order valence-corrected chi connectivity index (χ0v) is 24.7. The van der Waals surface area contributed by atoms with Crippen LogP contribution in [0.2, 0.25) is 10.0 Å². The number of thiazole rings is 1. The van der Waals surface area contributed by atoms with E-state index in [0.29, 0.717) is 66.6 Å². The van der Waals surface area contributed by atoms with Crippen LogP contribution in [0.15, 0.2) is 80.1 Å². The molecule has 0 unspecified atom stereocenters. The van der Waals surface area contributed by atoms with E-state index in [0.717, 1.165) is 5.56 Å². The van der Waals surface area contributed by atoms with Crippen LogP contribution in [-0.2, 0) is 4.79 Å².